The lowest BCUT2D eigenvalue weighted by molar-refractivity contribution is -0.125. The van der Waals surface area contributed by atoms with E-state index in [-0.39, 0.29) is 17.7 Å². The SMILES string of the molecule is CN(C)CCNC(=O)C1CCc2sc(C(=O)N3CCCC3)cc2C1. The van der Waals surface area contributed by atoms with Gasteiger partial charge in [0.25, 0.3) is 5.91 Å². The van der Waals surface area contributed by atoms with Gasteiger partial charge in [-0.2, -0.15) is 0 Å². The summed E-state index contributed by atoms with van der Waals surface area (Å²) in [6.45, 7) is 3.32. The number of nitrogens with one attached hydrogen (secondary N) is 1. The van der Waals surface area contributed by atoms with Gasteiger partial charge in [0.1, 0.15) is 0 Å². The van der Waals surface area contributed by atoms with E-state index in [9.17, 15) is 9.59 Å². The molecule has 0 radical (unpaired) electrons. The number of thiophene rings is 1. The van der Waals surface area contributed by atoms with Gasteiger partial charge in [0.05, 0.1) is 4.88 Å². The number of nitrogens with zero attached hydrogens (tertiary/aromatic N) is 2. The van der Waals surface area contributed by atoms with Gasteiger partial charge in [0, 0.05) is 37.0 Å². The minimum absolute atomic E-state index is 0.0454. The van der Waals surface area contributed by atoms with Gasteiger partial charge in [-0.3, -0.25) is 9.59 Å². The summed E-state index contributed by atoms with van der Waals surface area (Å²) in [5, 5.41) is 3.04. The molecule has 2 heterocycles. The minimum atomic E-state index is 0.0454. The zero-order valence-corrected chi connectivity index (χ0v) is 15.5. The second kappa shape index (κ2) is 7.66. The topological polar surface area (TPSA) is 52.7 Å². The van der Waals surface area contributed by atoms with E-state index in [1.165, 1.54) is 10.4 Å². The Morgan fingerprint density at radius 2 is 2.08 bits per heavy atom. The first-order chi connectivity index (χ1) is 11.5. The second-order valence-corrected chi connectivity index (χ2v) is 8.23. The largest absolute Gasteiger partial charge is 0.355 e. The van der Waals surface area contributed by atoms with Gasteiger partial charge < -0.3 is 15.1 Å². The van der Waals surface area contributed by atoms with Crippen LogP contribution in [0.4, 0.5) is 0 Å². The molecule has 0 saturated carbocycles. The van der Waals surface area contributed by atoms with E-state index in [2.05, 4.69) is 10.2 Å². The zero-order valence-electron chi connectivity index (χ0n) is 14.6. The van der Waals surface area contributed by atoms with Crippen molar-refractivity contribution in [2.24, 2.45) is 5.92 Å². The lowest BCUT2D eigenvalue weighted by Gasteiger charge is -2.21. The highest BCUT2D eigenvalue weighted by atomic mass is 32.1. The summed E-state index contributed by atoms with van der Waals surface area (Å²) in [5.74, 6) is 0.379. The molecule has 1 saturated heterocycles. The molecule has 24 heavy (non-hydrogen) atoms. The molecule has 0 bridgehead atoms. The van der Waals surface area contributed by atoms with Crippen LogP contribution in [0, 0.1) is 5.92 Å². The van der Waals surface area contributed by atoms with Gasteiger partial charge in [-0.15, -0.1) is 11.3 Å². The van der Waals surface area contributed by atoms with Crippen molar-refractivity contribution in [3.05, 3.63) is 21.4 Å². The molecule has 3 rings (SSSR count). The fourth-order valence-corrected chi connectivity index (χ4v) is 4.65. The predicted octanol–water partition coefficient (Wildman–Crippen LogP) is 1.77. The van der Waals surface area contributed by atoms with Crippen LogP contribution in [0.25, 0.3) is 0 Å². The predicted molar refractivity (Wildman–Crippen MR) is 96.5 cm³/mol. The van der Waals surface area contributed by atoms with E-state index in [1.807, 2.05) is 25.1 Å². The molecule has 5 nitrogen and oxygen atoms in total. The molecule has 1 aliphatic carbocycles. The van der Waals surface area contributed by atoms with Crippen molar-refractivity contribution >= 4 is 23.2 Å². The van der Waals surface area contributed by atoms with Crippen molar-refractivity contribution in [3.63, 3.8) is 0 Å². The molecule has 0 aromatic carbocycles. The second-order valence-electron chi connectivity index (χ2n) is 7.09. The minimum Gasteiger partial charge on any atom is -0.355 e. The van der Waals surface area contributed by atoms with Crippen molar-refractivity contribution in [1.29, 1.82) is 0 Å². The van der Waals surface area contributed by atoms with Crippen LogP contribution in [0.1, 0.15) is 39.4 Å². The van der Waals surface area contributed by atoms with Crippen LogP contribution >= 0.6 is 11.3 Å². The highest BCUT2D eigenvalue weighted by molar-refractivity contribution is 7.14. The molecule has 1 N–H and O–H groups in total. The van der Waals surface area contributed by atoms with Crippen molar-refractivity contribution in [1.82, 2.24) is 15.1 Å². The summed E-state index contributed by atoms with van der Waals surface area (Å²) in [7, 11) is 4.01. The maximum absolute atomic E-state index is 12.5. The Bertz CT molecular complexity index is 605. The summed E-state index contributed by atoms with van der Waals surface area (Å²) in [5.41, 5.74) is 1.21. The average molecular weight is 350 g/mol. The number of carbonyl (C=O) groups is 2. The molecule has 132 valence electrons. The fourth-order valence-electron chi connectivity index (χ4n) is 3.48. The first-order valence-electron chi connectivity index (χ1n) is 8.88. The summed E-state index contributed by atoms with van der Waals surface area (Å²) < 4.78 is 0. The summed E-state index contributed by atoms with van der Waals surface area (Å²) in [6, 6.07) is 2.04. The standard InChI is InChI=1S/C18H27N3O2S/c1-20(2)10-7-19-17(22)13-5-6-15-14(11-13)12-16(24-15)18(23)21-8-3-4-9-21/h12-13H,3-11H2,1-2H3,(H,19,22). The van der Waals surface area contributed by atoms with Crippen molar-refractivity contribution < 1.29 is 9.59 Å². The molecule has 2 aliphatic rings. The van der Waals surface area contributed by atoms with Gasteiger partial charge >= 0.3 is 0 Å². The Balaban J connectivity index is 1.59. The Morgan fingerprint density at radius 3 is 2.79 bits per heavy atom. The molecule has 1 aromatic heterocycles. The molecule has 0 spiro atoms. The number of carbonyl (C=O) groups excluding carboxylic acids is 2. The number of aryl methyl sites for hydroxylation is 1. The van der Waals surface area contributed by atoms with Gasteiger partial charge in [0.15, 0.2) is 0 Å². The maximum atomic E-state index is 12.5. The number of likely N-dealkylation sites (N-methyl/N-ethyl adjacent to an activating group) is 1. The third-order valence-electron chi connectivity index (χ3n) is 4.92. The molecule has 1 unspecified atom stereocenters. The lowest BCUT2D eigenvalue weighted by atomic mass is 9.88. The van der Waals surface area contributed by atoms with Crippen LogP contribution in [0.2, 0.25) is 0 Å². The number of fused-ring (bicyclic) bond motifs is 1. The van der Waals surface area contributed by atoms with E-state index in [0.29, 0.717) is 6.54 Å². The third-order valence-corrected chi connectivity index (χ3v) is 6.14. The molecule has 1 fully saturated rings. The van der Waals surface area contributed by atoms with Crippen molar-refractivity contribution in [2.75, 3.05) is 40.3 Å². The number of rotatable bonds is 5. The van der Waals surface area contributed by atoms with Crippen LogP contribution in [0.3, 0.4) is 0 Å². The molecule has 6 heteroatoms. The van der Waals surface area contributed by atoms with E-state index in [0.717, 1.165) is 56.6 Å². The van der Waals surface area contributed by atoms with Gasteiger partial charge in [0.2, 0.25) is 5.91 Å². The smallest absolute Gasteiger partial charge is 0.263 e. The fraction of sp³-hybridized carbons (Fsp3) is 0.667. The van der Waals surface area contributed by atoms with Gasteiger partial charge in [-0.1, -0.05) is 0 Å². The summed E-state index contributed by atoms with van der Waals surface area (Å²) >= 11 is 1.64. The normalized spacial score (nSPS) is 20.3. The van der Waals surface area contributed by atoms with Crippen molar-refractivity contribution in [3.8, 4) is 0 Å². The quantitative estimate of drug-likeness (QED) is 0.881. The van der Waals surface area contributed by atoms with E-state index < -0.39 is 0 Å². The molecular weight excluding hydrogens is 322 g/mol. The lowest BCUT2D eigenvalue weighted by Crippen LogP contribution is -2.37. The summed E-state index contributed by atoms with van der Waals surface area (Å²) in [6.07, 6.45) is 4.81. The molecular formula is C18H27N3O2S. The first-order valence-corrected chi connectivity index (χ1v) is 9.69. The average Bonchev–Trinajstić information content (AvgIpc) is 3.22. The number of hydrogen-bond donors (Lipinski definition) is 1. The molecule has 1 aromatic rings. The van der Waals surface area contributed by atoms with Crippen LogP contribution in [-0.4, -0.2) is 61.9 Å². The maximum Gasteiger partial charge on any atom is 0.263 e. The molecule has 1 aliphatic heterocycles. The van der Waals surface area contributed by atoms with Gasteiger partial charge in [-0.25, -0.2) is 0 Å². The number of amides is 2. The number of hydrogen-bond acceptors (Lipinski definition) is 4. The Morgan fingerprint density at radius 1 is 1.33 bits per heavy atom. The number of likely N-dealkylation sites (tertiary alicyclic amines) is 1. The van der Waals surface area contributed by atoms with E-state index in [4.69, 9.17) is 0 Å². The van der Waals surface area contributed by atoms with E-state index >= 15 is 0 Å². The van der Waals surface area contributed by atoms with E-state index in [1.54, 1.807) is 11.3 Å². The summed E-state index contributed by atoms with van der Waals surface area (Å²) in [4.78, 5) is 31.1. The highest BCUT2D eigenvalue weighted by Crippen LogP contribution is 2.33. The highest BCUT2D eigenvalue weighted by Gasteiger charge is 2.28. The van der Waals surface area contributed by atoms with Crippen molar-refractivity contribution in [2.45, 2.75) is 32.1 Å². The Kier molecular flexibility index (Phi) is 5.56. The monoisotopic (exact) mass is 349 g/mol. The molecule has 2 amide bonds. The zero-order chi connectivity index (χ0) is 17.1. The van der Waals surface area contributed by atoms with Crippen LogP contribution in [0.5, 0.6) is 0 Å². The van der Waals surface area contributed by atoms with Crippen LogP contribution < -0.4 is 5.32 Å². The van der Waals surface area contributed by atoms with Crippen LogP contribution in [-0.2, 0) is 17.6 Å². The third kappa shape index (κ3) is 3.98. The van der Waals surface area contributed by atoms with Crippen LogP contribution in [0.15, 0.2) is 6.07 Å². The first kappa shape index (κ1) is 17.4. The Hall–Kier alpha value is -1.40. The Labute approximate surface area is 148 Å². The molecule has 1 atom stereocenters. The van der Waals surface area contributed by atoms with Gasteiger partial charge in [-0.05, 0) is 57.8 Å².